The highest BCUT2D eigenvalue weighted by molar-refractivity contribution is 6.42. The molecule has 0 aliphatic heterocycles. The van der Waals surface area contributed by atoms with E-state index in [1.54, 1.807) is 6.07 Å². The SMILES string of the molecule is Cc1ccc(C(=O)Nc2c(C)nn(Cc3ccc(Cl)c(Cl)c3)c2C)cc1. The molecule has 0 aliphatic carbocycles. The van der Waals surface area contributed by atoms with Gasteiger partial charge >= 0.3 is 0 Å². The standard InChI is InChI=1S/C20H19Cl2N3O/c1-12-4-7-16(8-5-12)20(26)23-19-13(2)24-25(14(19)3)11-15-6-9-17(21)18(22)10-15/h4-10H,11H2,1-3H3,(H,23,26). The summed E-state index contributed by atoms with van der Waals surface area (Å²) in [6.45, 7) is 6.35. The van der Waals surface area contributed by atoms with Gasteiger partial charge in [0.1, 0.15) is 0 Å². The Kier molecular flexibility index (Phi) is 5.35. The Morgan fingerprint density at radius 1 is 1.04 bits per heavy atom. The van der Waals surface area contributed by atoms with Crippen molar-refractivity contribution in [3.8, 4) is 0 Å². The Morgan fingerprint density at radius 2 is 1.73 bits per heavy atom. The van der Waals surface area contributed by atoms with Crippen molar-refractivity contribution in [2.24, 2.45) is 0 Å². The lowest BCUT2D eigenvalue weighted by molar-refractivity contribution is 0.102. The lowest BCUT2D eigenvalue weighted by Gasteiger charge is -2.08. The van der Waals surface area contributed by atoms with Gasteiger partial charge in [0.05, 0.1) is 33.7 Å². The topological polar surface area (TPSA) is 46.9 Å². The third kappa shape index (κ3) is 3.92. The number of aryl methyl sites for hydroxylation is 2. The van der Waals surface area contributed by atoms with E-state index < -0.39 is 0 Å². The molecular formula is C20H19Cl2N3O. The number of benzene rings is 2. The summed E-state index contributed by atoms with van der Waals surface area (Å²) in [4.78, 5) is 12.5. The maximum atomic E-state index is 12.5. The molecule has 0 atom stereocenters. The highest BCUT2D eigenvalue weighted by Gasteiger charge is 2.15. The maximum Gasteiger partial charge on any atom is 0.255 e. The van der Waals surface area contributed by atoms with E-state index in [1.807, 2.05) is 61.9 Å². The monoisotopic (exact) mass is 387 g/mol. The van der Waals surface area contributed by atoms with E-state index in [0.29, 0.717) is 22.2 Å². The Labute approximate surface area is 162 Å². The summed E-state index contributed by atoms with van der Waals surface area (Å²) >= 11 is 12.1. The minimum atomic E-state index is -0.148. The molecule has 3 aromatic rings. The third-order valence-corrected chi connectivity index (χ3v) is 4.99. The molecule has 2 aromatic carbocycles. The van der Waals surface area contributed by atoms with Crippen LogP contribution in [-0.4, -0.2) is 15.7 Å². The Hall–Kier alpha value is -2.30. The van der Waals surface area contributed by atoms with E-state index in [-0.39, 0.29) is 5.91 Å². The van der Waals surface area contributed by atoms with Crippen molar-refractivity contribution in [1.29, 1.82) is 0 Å². The molecule has 4 nitrogen and oxygen atoms in total. The molecule has 0 bridgehead atoms. The number of amides is 1. The first-order valence-corrected chi connectivity index (χ1v) is 8.96. The van der Waals surface area contributed by atoms with Crippen molar-refractivity contribution in [2.45, 2.75) is 27.3 Å². The van der Waals surface area contributed by atoms with Crippen molar-refractivity contribution < 1.29 is 4.79 Å². The molecule has 6 heteroatoms. The predicted molar refractivity (Wildman–Crippen MR) is 106 cm³/mol. The van der Waals surface area contributed by atoms with E-state index in [1.165, 1.54) is 0 Å². The fourth-order valence-corrected chi connectivity index (χ4v) is 3.05. The molecule has 1 amide bonds. The molecule has 0 fully saturated rings. The molecular weight excluding hydrogens is 369 g/mol. The number of anilines is 1. The van der Waals surface area contributed by atoms with Gasteiger partial charge in [-0.05, 0) is 50.6 Å². The van der Waals surface area contributed by atoms with Gasteiger partial charge in [0.25, 0.3) is 5.91 Å². The van der Waals surface area contributed by atoms with Gasteiger partial charge in [-0.3, -0.25) is 9.48 Å². The number of nitrogens with one attached hydrogen (secondary N) is 1. The minimum absolute atomic E-state index is 0.148. The van der Waals surface area contributed by atoms with Gasteiger partial charge in [-0.1, -0.05) is 47.0 Å². The van der Waals surface area contributed by atoms with Crippen molar-refractivity contribution in [2.75, 3.05) is 5.32 Å². The van der Waals surface area contributed by atoms with Gasteiger partial charge in [0.2, 0.25) is 0 Å². The maximum absolute atomic E-state index is 12.5. The number of aromatic nitrogens is 2. The van der Waals surface area contributed by atoms with Crippen LogP contribution in [0.3, 0.4) is 0 Å². The van der Waals surface area contributed by atoms with Crippen LogP contribution in [0, 0.1) is 20.8 Å². The zero-order valence-corrected chi connectivity index (χ0v) is 16.3. The normalized spacial score (nSPS) is 10.8. The predicted octanol–water partition coefficient (Wildman–Crippen LogP) is 5.42. The second kappa shape index (κ2) is 7.52. The van der Waals surface area contributed by atoms with Crippen LogP contribution in [0.1, 0.15) is 32.9 Å². The average molecular weight is 388 g/mol. The molecule has 26 heavy (non-hydrogen) atoms. The van der Waals surface area contributed by atoms with Crippen molar-refractivity contribution >= 4 is 34.8 Å². The zero-order valence-electron chi connectivity index (χ0n) is 14.8. The smallest absolute Gasteiger partial charge is 0.255 e. The highest BCUT2D eigenvalue weighted by atomic mass is 35.5. The van der Waals surface area contributed by atoms with Gasteiger partial charge in [0.15, 0.2) is 0 Å². The molecule has 1 aromatic heterocycles. The quantitative estimate of drug-likeness (QED) is 0.649. The summed E-state index contributed by atoms with van der Waals surface area (Å²) in [6.07, 6.45) is 0. The van der Waals surface area contributed by atoms with Gasteiger partial charge in [-0.25, -0.2) is 0 Å². The van der Waals surface area contributed by atoms with Crippen LogP contribution < -0.4 is 5.32 Å². The fourth-order valence-electron chi connectivity index (χ4n) is 2.73. The summed E-state index contributed by atoms with van der Waals surface area (Å²) in [5.41, 5.74) is 5.10. The molecule has 134 valence electrons. The van der Waals surface area contributed by atoms with Crippen LogP contribution in [0.5, 0.6) is 0 Å². The Morgan fingerprint density at radius 3 is 2.38 bits per heavy atom. The Balaban J connectivity index is 1.82. The van der Waals surface area contributed by atoms with E-state index in [2.05, 4.69) is 10.4 Å². The lowest BCUT2D eigenvalue weighted by Crippen LogP contribution is -2.13. The number of nitrogens with zero attached hydrogens (tertiary/aromatic N) is 2. The Bertz CT molecular complexity index is 962. The molecule has 1 heterocycles. The molecule has 0 aliphatic rings. The van der Waals surface area contributed by atoms with Crippen LogP contribution >= 0.6 is 23.2 Å². The van der Waals surface area contributed by atoms with E-state index in [0.717, 1.165) is 28.2 Å². The summed E-state index contributed by atoms with van der Waals surface area (Å²) < 4.78 is 1.85. The highest BCUT2D eigenvalue weighted by Crippen LogP contribution is 2.25. The summed E-state index contributed by atoms with van der Waals surface area (Å²) in [7, 11) is 0. The van der Waals surface area contributed by atoms with Crippen molar-refractivity contribution in [3.63, 3.8) is 0 Å². The molecule has 3 rings (SSSR count). The largest absolute Gasteiger partial charge is 0.319 e. The van der Waals surface area contributed by atoms with Gasteiger partial charge in [-0.2, -0.15) is 5.10 Å². The molecule has 0 spiro atoms. The second-order valence-corrected chi connectivity index (χ2v) is 7.09. The zero-order chi connectivity index (χ0) is 18.8. The first kappa shape index (κ1) is 18.5. The first-order valence-electron chi connectivity index (χ1n) is 8.21. The molecule has 0 saturated carbocycles. The number of carbonyl (C=O) groups is 1. The van der Waals surface area contributed by atoms with E-state index >= 15 is 0 Å². The van der Waals surface area contributed by atoms with E-state index in [9.17, 15) is 4.79 Å². The van der Waals surface area contributed by atoms with Crippen LogP contribution in [0.4, 0.5) is 5.69 Å². The first-order chi connectivity index (χ1) is 12.3. The second-order valence-electron chi connectivity index (χ2n) is 6.27. The van der Waals surface area contributed by atoms with Crippen molar-refractivity contribution in [3.05, 3.63) is 80.6 Å². The minimum Gasteiger partial charge on any atom is -0.319 e. The average Bonchev–Trinajstić information content (AvgIpc) is 2.86. The van der Waals surface area contributed by atoms with Gasteiger partial charge < -0.3 is 5.32 Å². The van der Waals surface area contributed by atoms with E-state index in [4.69, 9.17) is 23.2 Å². The van der Waals surface area contributed by atoms with Crippen LogP contribution in [0.15, 0.2) is 42.5 Å². The molecule has 1 N–H and O–H groups in total. The summed E-state index contributed by atoms with van der Waals surface area (Å²) in [6, 6.07) is 13.0. The number of halogens is 2. The van der Waals surface area contributed by atoms with Crippen LogP contribution in [0.2, 0.25) is 10.0 Å². The molecule has 0 saturated heterocycles. The molecule has 0 radical (unpaired) electrons. The van der Waals surface area contributed by atoms with Crippen LogP contribution in [-0.2, 0) is 6.54 Å². The summed E-state index contributed by atoms with van der Waals surface area (Å²) in [5.74, 6) is -0.148. The number of carbonyl (C=O) groups excluding carboxylic acids is 1. The van der Waals surface area contributed by atoms with Gasteiger partial charge in [0, 0.05) is 5.56 Å². The van der Waals surface area contributed by atoms with Crippen molar-refractivity contribution in [1.82, 2.24) is 9.78 Å². The fraction of sp³-hybridized carbons (Fsp3) is 0.200. The third-order valence-electron chi connectivity index (χ3n) is 4.25. The number of hydrogen-bond acceptors (Lipinski definition) is 2. The number of rotatable bonds is 4. The van der Waals surface area contributed by atoms with Crippen LogP contribution in [0.25, 0.3) is 0 Å². The lowest BCUT2D eigenvalue weighted by atomic mass is 10.1. The number of hydrogen-bond donors (Lipinski definition) is 1. The molecule has 0 unspecified atom stereocenters. The van der Waals surface area contributed by atoms with Gasteiger partial charge in [-0.15, -0.1) is 0 Å². The summed E-state index contributed by atoms with van der Waals surface area (Å²) in [5, 5.41) is 8.55.